The minimum Gasteiger partial charge on any atom is -0.207 e. The molecule has 1 heterocycles. The molecule has 2 aromatic carbocycles. The van der Waals surface area contributed by atoms with Crippen molar-refractivity contribution in [2.24, 2.45) is 0 Å². The van der Waals surface area contributed by atoms with Gasteiger partial charge in [0.2, 0.25) is 10.0 Å². The normalized spacial score (nSPS) is 11.8. The third-order valence-electron chi connectivity index (χ3n) is 3.05. The van der Waals surface area contributed by atoms with Crippen LogP contribution in [0.15, 0.2) is 64.9 Å². The monoisotopic (exact) mass is 303 g/mol. The first-order valence-electron chi connectivity index (χ1n) is 6.16. The van der Waals surface area contributed by atoms with Gasteiger partial charge in [-0.05, 0) is 34.4 Å². The zero-order chi connectivity index (χ0) is 14.0. The van der Waals surface area contributed by atoms with Gasteiger partial charge in [-0.2, -0.15) is 0 Å². The fourth-order valence-corrected chi connectivity index (χ4v) is 3.77. The highest BCUT2D eigenvalue weighted by Crippen LogP contribution is 2.19. The molecule has 0 spiro atoms. The van der Waals surface area contributed by atoms with Crippen molar-refractivity contribution >= 4 is 32.1 Å². The minimum atomic E-state index is -3.47. The number of hydrogen-bond acceptors (Lipinski definition) is 3. The maximum absolute atomic E-state index is 12.3. The lowest BCUT2D eigenvalue weighted by Gasteiger charge is -2.07. The van der Waals surface area contributed by atoms with E-state index in [1.165, 1.54) is 11.3 Å². The summed E-state index contributed by atoms with van der Waals surface area (Å²) < 4.78 is 27.2. The molecule has 3 rings (SSSR count). The van der Waals surface area contributed by atoms with E-state index in [1.54, 1.807) is 12.1 Å². The van der Waals surface area contributed by atoms with Gasteiger partial charge in [-0.3, -0.25) is 0 Å². The molecule has 0 saturated carbocycles. The highest BCUT2D eigenvalue weighted by molar-refractivity contribution is 7.89. The van der Waals surface area contributed by atoms with Crippen molar-refractivity contribution in [1.82, 2.24) is 4.72 Å². The summed E-state index contributed by atoms with van der Waals surface area (Å²) in [6.45, 7) is 0.326. The Labute approximate surface area is 121 Å². The zero-order valence-corrected chi connectivity index (χ0v) is 12.2. The van der Waals surface area contributed by atoms with E-state index in [0.29, 0.717) is 11.4 Å². The highest BCUT2D eigenvalue weighted by Gasteiger charge is 2.14. The maximum Gasteiger partial charge on any atom is 0.240 e. The summed E-state index contributed by atoms with van der Waals surface area (Å²) in [5.74, 6) is 0. The van der Waals surface area contributed by atoms with Crippen molar-refractivity contribution in [3.05, 3.63) is 64.9 Å². The predicted octanol–water partition coefficient (Wildman–Crippen LogP) is 3.38. The number of thiophene rings is 1. The third-order valence-corrected chi connectivity index (χ3v) is 5.32. The highest BCUT2D eigenvalue weighted by atomic mass is 32.2. The SMILES string of the molecule is O=S(=O)(NCc1cccs1)c1ccc2ccccc2c1. The molecule has 0 bridgehead atoms. The van der Waals surface area contributed by atoms with E-state index in [9.17, 15) is 8.42 Å². The molecule has 0 fully saturated rings. The molecule has 0 saturated heterocycles. The molecule has 20 heavy (non-hydrogen) atoms. The Morgan fingerprint density at radius 3 is 2.50 bits per heavy atom. The van der Waals surface area contributed by atoms with Gasteiger partial charge in [-0.25, -0.2) is 13.1 Å². The molecular formula is C15H13NO2S2. The quantitative estimate of drug-likeness (QED) is 0.803. The van der Waals surface area contributed by atoms with Crippen LogP contribution in [-0.2, 0) is 16.6 Å². The van der Waals surface area contributed by atoms with Crippen molar-refractivity contribution in [3.8, 4) is 0 Å². The van der Waals surface area contributed by atoms with Crippen LogP contribution in [-0.4, -0.2) is 8.42 Å². The maximum atomic E-state index is 12.3. The number of benzene rings is 2. The van der Waals surface area contributed by atoms with Crippen LogP contribution < -0.4 is 4.72 Å². The molecule has 0 aliphatic carbocycles. The number of nitrogens with one attached hydrogen (secondary N) is 1. The smallest absolute Gasteiger partial charge is 0.207 e. The Hall–Kier alpha value is -1.69. The van der Waals surface area contributed by atoms with Gasteiger partial charge in [-0.1, -0.05) is 36.4 Å². The van der Waals surface area contributed by atoms with Crippen molar-refractivity contribution < 1.29 is 8.42 Å². The first-order valence-corrected chi connectivity index (χ1v) is 8.52. The summed E-state index contributed by atoms with van der Waals surface area (Å²) >= 11 is 1.53. The summed E-state index contributed by atoms with van der Waals surface area (Å²) in [5, 5.41) is 3.89. The number of hydrogen-bond donors (Lipinski definition) is 1. The Balaban J connectivity index is 1.88. The number of fused-ring (bicyclic) bond motifs is 1. The second-order valence-corrected chi connectivity index (χ2v) is 7.21. The van der Waals surface area contributed by atoms with Crippen LogP contribution >= 0.6 is 11.3 Å². The Bertz CT molecular complexity index is 824. The summed E-state index contributed by atoms with van der Waals surface area (Å²) in [6.07, 6.45) is 0. The second-order valence-electron chi connectivity index (χ2n) is 4.41. The fraction of sp³-hybridized carbons (Fsp3) is 0.0667. The van der Waals surface area contributed by atoms with Crippen LogP contribution in [0.3, 0.4) is 0 Å². The largest absolute Gasteiger partial charge is 0.240 e. The molecule has 3 aromatic rings. The topological polar surface area (TPSA) is 46.2 Å². The fourth-order valence-electron chi connectivity index (χ4n) is 2.00. The Morgan fingerprint density at radius 2 is 1.75 bits per heavy atom. The predicted molar refractivity (Wildman–Crippen MR) is 82.3 cm³/mol. The van der Waals surface area contributed by atoms with Gasteiger partial charge < -0.3 is 0 Å². The molecule has 5 heteroatoms. The van der Waals surface area contributed by atoms with Gasteiger partial charge in [0.15, 0.2) is 0 Å². The van der Waals surface area contributed by atoms with Crippen molar-refractivity contribution in [3.63, 3.8) is 0 Å². The molecule has 0 aliphatic rings. The standard InChI is InChI=1S/C15H13NO2S2/c17-20(18,16-11-14-6-3-9-19-14)15-8-7-12-4-1-2-5-13(12)10-15/h1-10,16H,11H2. The average molecular weight is 303 g/mol. The summed E-state index contributed by atoms with van der Waals surface area (Å²) in [4.78, 5) is 1.29. The number of rotatable bonds is 4. The van der Waals surface area contributed by atoms with Crippen LogP contribution in [0.4, 0.5) is 0 Å². The van der Waals surface area contributed by atoms with E-state index in [-0.39, 0.29) is 0 Å². The van der Waals surface area contributed by atoms with Crippen molar-refractivity contribution in [2.75, 3.05) is 0 Å². The summed E-state index contributed by atoms with van der Waals surface area (Å²) in [6, 6.07) is 16.7. The first-order chi connectivity index (χ1) is 9.65. The Morgan fingerprint density at radius 1 is 0.950 bits per heavy atom. The summed E-state index contributed by atoms with van der Waals surface area (Å²) in [5.41, 5.74) is 0. The van der Waals surface area contributed by atoms with E-state index in [4.69, 9.17) is 0 Å². The molecule has 3 nitrogen and oxygen atoms in total. The Kier molecular flexibility index (Phi) is 3.56. The van der Waals surface area contributed by atoms with Gasteiger partial charge in [0.25, 0.3) is 0 Å². The summed E-state index contributed by atoms with van der Waals surface area (Å²) in [7, 11) is -3.47. The molecule has 1 aromatic heterocycles. The van der Waals surface area contributed by atoms with E-state index in [1.807, 2.05) is 47.8 Å². The van der Waals surface area contributed by atoms with E-state index < -0.39 is 10.0 Å². The zero-order valence-electron chi connectivity index (χ0n) is 10.6. The molecule has 0 aliphatic heterocycles. The lowest BCUT2D eigenvalue weighted by molar-refractivity contribution is 0.582. The van der Waals surface area contributed by atoms with Gasteiger partial charge in [-0.15, -0.1) is 11.3 Å². The lowest BCUT2D eigenvalue weighted by Crippen LogP contribution is -2.22. The molecule has 1 N–H and O–H groups in total. The van der Waals surface area contributed by atoms with Crippen molar-refractivity contribution in [1.29, 1.82) is 0 Å². The molecule has 102 valence electrons. The molecular weight excluding hydrogens is 290 g/mol. The van der Waals surface area contributed by atoms with Gasteiger partial charge >= 0.3 is 0 Å². The average Bonchev–Trinajstić information content (AvgIpc) is 2.98. The van der Waals surface area contributed by atoms with Gasteiger partial charge in [0.05, 0.1) is 4.90 Å². The molecule has 0 unspecified atom stereocenters. The lowest BCUT2D eigenvalue weighted by atomic mass is 10.1. The number of sulfonamides is 1. The molecule has 0 atom stereocenters. The van der Waals surface area contributed by atoms with E-state index in [0.717, 1.165) is 15.6 Å². The van der Waals surface area contributed by atoms with E-state index >= 15 is 0 Å². The first kappa shape index (κ1) is 13.3. The molecule has 0 radical (unpaired) electrons. The van der Waals surface area contributed by atoms with Crippen LogP contribution in [0.1, 0.15) is 4.88 Å². The van der Waals surface area contributed by atoms with Gasteiger partial charge in [0.1, 0.15) is 0 Å². The van der Waals surface area contributed by atoms with Crippen LogP contribution in [0.5, 0.6) is 0 Å². The van der Waals surface area contributed by atoms with Crippen LogP contribution in [0, 0.1) is 0 Å². The minimum absolute atomic E-state index is 0.299. The molecule has 0 amide bonds. The van der Waals surface area contributed by atoms with Crippen LogP contribution in [0.2, 0.25) is 0 Å². The third kappa shape index (κ3) is 2.75. The van der Waals surface area contributed by atoms with Gasteiger partial charge in [0, 0.05) is 11.4 Å². The van der Waals surface area contributed by atoms with Crippen molar-refractivity contribution in [2.45, 2.75) is 11.4 Å². The van der Waals surface area contributed by atoms with Crippen LogP contribution in [0.25, 0.3) is 10.8 Å². The second kappa shape index (κ2) is 5.36. The van der Waals surface area contributed by atoms with E-state index in [2.05, 4.69) is 4.72 Å².